The van der Waals surface area contributed by atoms with Gasteiger partial charge in [-0.05, 0) is 55.5 Å². The molecule has 15 heavy (non-hydrogen) atoms. The highest BCUT2D eigenvalue weighted by Crippen LogP contribution is 2.32. The smallest absolute Gasteiger partial charge is 0.0441 e. The van der Waals surface area contributed by atoms with E-state index < -0.39 is 0 Å². The monoisotopic (exact) mass is 245 g/mol. The average molecular weight is 246 g/mol. The Balaban J connectivity index is 2.85. The maximum Gasteiger partial charge on any atom is 0.0441 e. The molecule has 1 nitrogen and oxygen atoms in total. The van der Waals surface area contributed by atoms with Gasteiger partial charge in [0.25, 0.3) is 0 Å². The fraction of sp³-hybridized carbons (Fsp3) is 0.500. The van der Waals surface area contributed by atoms with E-state index in [4.69, 9.17) is 28.9 Å². The van der Waals surface area contributed by atoms with E-state index in [1.807, 2.05) is 18.2 Å². The Hall–Kier alpha value is -0.240. The third kappa shape index (κ3) is 3.67. The molecule has 3 heteroatoms. The Morgan fingerprint density at radius 2 is 2.07 bits per heavy atom. The van der Waals surface area contributed by atoms with E-state index in [1.165, 1.54) is 0 Å². The lowest BCUT2D eigenvalue weighted by Crippen LogP contribution is -2.04. The minimum atomic E-state index is 0.472. The first kappa shape index (κ1) is 12.8. The van der Waals surface area contributed by atoms with Crippen LogP contribution < -0.4 is 5.73 Å². The molecule has 0 aliphatic heterocycles. The minimum absolute atomic E-state index is 0.472. The zero-order valence-corrected chi connectivity index (χ0v) is 10.5. The molecule has 2 N–H and O–H groups in total. The summed E-state index contributed by atoms with van der Waals surface area (Å²) in [5.41, 5.74) is 6.67. The number of benzene rings is 1. The van der Waals surface area contributed by atoms with Gasteiger partial charge in [-0.15, -0.1) is 0 Å². The van der Waals surface area contributed by atoms with Crippen molar-refractivity contribution in [3.05, 3.63) is 33.8 Å². The molecule has 0 saturated heterocycles. The lowest BCUT2D eigenvalue weighted by atomic mass is 9.92. The summed E-state index contributed by atoms with van der Waals surface area (Å²) in [5, 5.41) is 1.56. The number of nitrogens with two attached hydrogens (primary N) is 1. The van der Waals surface area contributed by atoms with Gasteiger partial charge >= 0.3 is 0 Å². The van der Waals surface area contributed by atoms with Gasteiger partial charge in [0, 0.05) is 10.0 Å². The quantitative estimate of drug-likeness (QED) is 0.826. The van der Waals surface area contributed by atoms with E-state index >= 15 is 0 Å². The van der Waals surface area contributed by atoms with Crippen molar-refractivity contribution in [3.63, 3.8) is 0 Å². The standard InChI is InChI=1S/C12H17Cl2N/c1-2-9(4-3-7-15)11-8-10(13)5-6-12(11)14/h5-6,8-9H,2-4,7,15H2,1H3. The van der Waals surface area contributed by atoms with Crippen LogP contribution >= 0.6 is 23.2 Å². The first-order valence-corrected chi connectivity index (χ1v) is 6.09. The van der Waals surface area contributed by atoms with Crippen molar-refractivity contribution in [2.24, 2.45) is 5.73 Å². The van der Waals surface area contributed by atoms with Gasteiger partial charge in [-0.25, -0.2) is 0 Å². The Labute approximate surface area is 102 Å². The molecule has 1 rings (SSSR count). The molecular weight excluding hydrogens is 229 g/mol. The van der Waals surface area contributed by atoms with Crippen LogP contribution in [0.25, 0.3) is 0 Å². The predicted molar refractivity (Wildman–Crippen MR) is 67.8 cm³/mol. The average Bonchev–Trinajstić information content (AvgIpc) is 2.24. The Morgan fingerprint density at radius 1 is 1.33 bits per heavy atom. The molecule has 84 valence electrons. The van der Waals surface area contributed by atoms with Crippen molar-refractivity contribution in [1.82, 2.24) is 0 Å². The van der Waals surface area contributed by atoms with Gasteiger partial charge in [-0.3, -0.25) is 0 Å². The molecule has 1 aromatic carbocycles. The van der Waals surface area contributed by atoms with E-state index in [-0.39, 0.29) is 0 Å². The summed E-state index contributed by atoms with van der Waals surface area (Å²) in [4.78, 5) is 0. The van der Waals surface area contributed by atoms with Gasteiger partial charge in [0.1, 0.15) is 0 Å². The molecule has 0 fully saturated rings. The van der Waals surface area contributed by atoms with E-state index in [9.17, 15) is 0 Å². The van der Waals surface area contributed by atoms with Gasteiger partial charge in [-0.2, -0.15) is 0 Å². The fourth-order valence-corrected chi connectivity index (χ4v) is 2.22. The molecule has 0 saturated carbocycles. The maximum atomic E-state index is 6.16. The van der Waals surface area contributed by atoms with E-state index in [1.54, 1.807) is 0 Å². The summed E-state index contributed by atoms with van der Waals surface area (Å²) in [6, 6.07) is 5.65. The van der Waals surface area contributed by atoms with Gasteiger partial charge < -0.3 is 5.73 Å². The summed E-state index contributed by atoms with van der Waals surface area (Å²) in [5.74, 6) is 0.472. The summed E-state index contributed by atoms with van der Waals surface area (Å²) in [6.45, 7) is 2.90. The van der Waals surface area contributed by atoms with Gasteiger partial charge in [0.05, 0.1) is 0 Å². The second-order valence-electron chi connectivity index (χ2n) is 3.70. The molecule has 0 spiro atoms. The first-order valence-electron chi connectivity index (χ1n) is 5.34. The Kier molecular flexibility index (Phi) is 5.44. The maximum absolute atomic E-state index is 6.16. The van der Waals surface area contributed by atoms with Crippen LogP contribution in [0.2, 0.25) is 10.0 Å². The Morgan fingerprint density at radius 3 is 2.67 bits per heavy atom. The third-order valence-electron chi connectivity index (χ3n) is 2.65. The summed E-state index contributed by atoms with van der Waals surface area (Å²) < 4.78 is 0. The molecule has 1 aromatic rings. The van der Waals surface area contributed by atoms with Crippen LogP contribution in [-0.4, -0.2) is 6.54 Å². The van der Waals surface area contributed by atoms with Crippen molar-refractivity contribution >= 4 is 23.2 Å². The molecule has 0 heterocycles. The molecular formula is C12H17Cl2N. The fourth-order valence-electron chi connectivity index (χ4n) is 1.77. The normalized spacial score (nSPS) is 12.8. The molecule has 1 unspecified atom stereocenters. The van der Waals surface area contributed by atoms with Gasteiger partial charge in [0.2, 0.25) is 0 Å². The zero-order chi connectivity index (χ0) is 11.3. The number of hydrogen-bond donors (Lipinski definition) is 1. The predicted octanol–water partition coefficient (Wildman–Crippen LogP) is 4.23. The summed E-state index contributed by atoms with van der Waals surface area (Å²) in [7, 11) is 0. The topological polar surface area (TPSA) is 26.0 Å². The van der Waals surface area contributed by atoms with Crippen molar-refractivity contribution in [2.45, 2.75) is 32.1 Å². The highest BCUT2D eigenvalue weighted by molar-refractivity contribution is 6.33. The molecule has 0 radical (unpaired) electrons. The molecule has 0 amide bonds. The largest absolute Gasteiger partial charge is 0.330 e. The van der Waals surface area contributed by atoms with Gasteiger partial charge in [0.15, 0.2) is 0 Å². The van der Waals surface area contributed by atoms with Gasteiger partial charge in [-0.1, -0.05) is 30.1 Å². The third-order valence-corrected chi connectivity index (χ3v) is 3.23. The van der Waals surface area contributed by atoms with E-state index in [0.29, 0.717) is 5.92 Å². The van der Waals surface area contributed by atoms with Crippen molar-refractivity contribution in [3.8, 4) is 0 Å². The van der Waals surface area contributed by atoms with Crippen molar-refractivity contribution < 1.29 is 0 Å². The second kappa shape index (κ2) is 6.37. The van der Waals surface area contributed by atoms with Crippen molar-refractivity contribution in [1.29, 1.82) is 0 Å². The van der Waals surface area contributed by atoms with Crippen LogP contribution in [0.4, 0.5) is 0 Å². The Bertz CT molecular complexity index is 312. The summed E-state index contributed by atoms with van der Waals surface area (Å²) >= 11 is 12.1. The highest BCUT2D eigenvalue weighted by Gasteiger charge is 2.12. The minimum Gasteiger partial charge on any atom is -0.330 e. The molecule has 0 aliphatic carbocycles. The number of rotatable bonds is 5. The summed E-state index contributed by atoms with van der Waals surface area (Å²) in [6.07, 6.45) is 3.18. The van der Waals surface area contributed by atoms with Crippen LogP contribution in [0.3, 0.4) is 0 Å². The van der Waals surface area contributed by atoms with Crippen LogP contribution in [0, 0.1) is 0 Å². The molecule has 0 bridgehead atoms. The molecule has 0 aromatic heterocycles. The number of hydrogen-bond acceptors (Lipinski definition) is 1. The SMILES string of the molecule is CCC(CCCN)c1cc(Cl)ccc1Cl. The number of halogens is 2. The first-order chi connectivity index (χ1) is 7.19. The molecule has 1 atom stereocenters. The zero-order valence-electron chi connectivity index (χ0n) is 8.97. The lowest BCUT2D eigenvalue weighted by molar-refractivity contribution is 0.581. The second-order valence-corrected chi connectivity index (χ2v) is 4.55. The van der Waals surface area contributed by atoms with Crippen molar-refractivity contribution in [2.75, 3.05) is 6.54 Å². The molecule has 0 aliphatic rings. The highest BCUT2D eigenvalue weighted by atomic mass is 35.5. The van der Waals surface area contributed by atoms with E-state index in [2.05, 4.69) is 6.92 Å². The lowest BCUT2D eigenvalue weighted by Gasteiger charge is -2.16. The van der Waals surface area contributed by atoms with Crippen LogP contribution in [-0.2, 0) is 0 Å². The van der Waals surface area contributed by atoms with E-state index in [0.717, 1.165) is 41.4 Å². The van der Waals surface area contributed by atoms with Crippen LogP contribution in [0.1, 0.15) is 37.7 Å². The van der Waals surface area contributed by atoms with Crippen LogP contribution in [0.5, 0.6) is 0 Å². The van der Waals surface area contributed by atoms with Crippen LogP contribution in [0.15, 0.2) is 18.2 Å².